The molecule has 3 N–H and O–H groups in total. The molecule has 1 fully saturated rings. The Labute approximate surface area is 244 Å². The van der Waals surface area contributed by atoms with Crippen LogP contribution in [0.3, 0.4) is 0 Å². The summed E-state index contributed by atoms with van der Waals surface area (Å²) in [7, 11) is 0. The first-order valence-electron chi connectivity index (χ1n) is 13.1. The highest BCUT2D eigenvalue weighted by atomic mass is 32.5. The van der Waals surface area contributed by atoms with Gasteiger partial charge < -0.3 is 33.7 Å². The molecule has 0 aliphatic carbocycles. The fourth-order valence-corrected chi connectivity index (χ4v) is 6.03. The summed E-state index contributed by atoms with van der Waals surface area (Å²) in [5, 5.41) is 11.0. The highest BCUT2D eigenvalue weighted by Gasteiger charge is 2.47. The number of hydrogen-bond acceptors (Lipinski definition) is 8. The first kappa shape index (κ1) is 28.5. The number of aliphatic hydroxyl groups is 1. The summed E-state index contributed by atoms with van der Waals surface area (Å²) in [6.45, 7) is -3.04. The molecular weight excluding hydrogens is 583 g/mol. The Bertz CT molecular complexity index is 1760. The van der Waals surface area contributed by atoms with Crippen LogP contribution in [0.1, 0.15) is 34.9 Å². The number of aliphatic hydroxyl groups excluding tert-OH is 1. The van der Waals surface area contributed by atoms with Gasteiger partial charge in [-0.15, -0.1) is 0 Å². The molecule has 2 aliphatic heterocycles. The van der Waals surface area contributed by atoms with E-state index in [-0.39, 0.29) is 23.3 Å². The lowest BCUT2D eigenvalue weighted by Crippen LogP contribution is -2.44. The van der Waals surface area contributed by atoms with E-state index in [1.807, 2.05) is 78.9 Å². The van der Waals surface area contributed by atoms with Crippen molar-refractivity contribution in [3.8, 4) is 11.5 Å². The normalized spacial score (nSPS) is 20.8. The lowest BCUT2D eigenvalue weighted by molar-refractivity contribution is -0.0966. The van der Waals surface area contributed by atoms with Gasteiger partial charge in [0.1, 0.15) is 23.8 Å². The third-order valence-corrected chi connectivity index (χ3v) is 7.92. The fraction of sp³-hybridized carbons (Fsp3) is 0.241. The maximum absolute atomic E-state index is 13.1. The van der Waals surface area contributed by atoms with E-state index in [1.165, 1.54) is 13.1 Å². The molecule has 2 aliphatic rings. The van der Waals surface area contributed by atoms with E-state index >= 15 is 0 Å². The van der Waals surface area contributed by atoms with Gasteiger partial charge in [-0.2, -0.15) is 0 Å². The SMILES string of the molecule is Cc1cn([C@H]2C[C@H](O)[C@@H](COC3(c4ccccc4)c4ccccc4Oc4ccccc43)O2)c(=O)n(OP(O)(O)=S)c1=O. The van der Waals surface area contributed by atoms with Crippen LogP contribution in [-0.2, 0) is 26.9 Å². The fourth-order valence-electron chi connectivity index (χ4n) is 5.48. The van der Waals surface area contributed by atoms with Crippen molar-refractivity contribution in [2.75, 3.05) is 6.61 Å². The maximum Gasteiger partial charge on any atom is 0.395 e. The summed E-state index contributed by atoms with van der Waals surface area (Å²) in [5.74, 6) is 1.26. The lowest BCUT2D eigenvalue weighted by atomic mass is 9.77. The van der Waals surface area contributed by atoms with Crippen LogP contribution in [0.15, 0.2) is 94.6 Å². The predicted molar refractivity (Wildman–Crippen MR) is 155 cm³/mol. The monoisotopic (exact) mass is 610 g/mol. The second-order valence-electron chi connectivity index (χ2n) is 10.1. The summed E-state index contributed by atoms with van der Waals surface area (Å²) in [6.07, 6.45) is -1.66. The summed E-state index contributed by atoms with van der Waals surface area (Å²) < 4.78 is 25.1. The average molecular weight is 611 g/mol. The van der Waals surface area contributed by atoms with Crippen LogP contribution in [0.25, 0.3) is 0 Å². The Morgan fingerprint density at radius 3 is 2.19 bits per heavy atom. The number of benzene rings is 3. The summed E-state index contributed by atoms with van der Waals surface area (Å²) in [4.78, 5) is 44.7. The third-order valence-electron chi connectivity index (χ3n) is 7.35. The van der Waals surface area contributed by atoms with Gasteiger partial charge in [-0.3, -0.25) is 9.36 Å². The standard InChI is InChI=1S/C29H27N2O9PS/c1-18-16-30(28(34)31(27(18)33)40-41(35,36)42)26-15-22(32)25(39-26)17-37-29(19-9-3-2-4-10-19)20-11-5-7-13-23(20)38-24-14-8-6-12-21(24)29/h2-14,16,22,25-26,32H,15,17H2,1H3,(H2,35,36,42)/t22-,25+,26+/m0/s1. The smallest absolute Gasteiger partial charge is 0.395 e. The number of rotatable bonds is 7. The topological polar surface area (TPSA) is 142 Å². The third kappa shape index (κ3) is 5.01. The van der Waals surface area contributed by atoms with Gasteiger partial charge in [-0.25, -0.2) is 4.79 Å². The first-order chi connectivity index (χ1) is 20.1. The Balaban J connectivity index is 1.36. The molecule has 1 saturated heterocycles. The van der Waals surface area contributed by atoms with Crippen LogP contribution in [0, 0.1) is 6.92 Å². The molecule has 42 heavy (non-hydrogen) atoms. The second-order valence-corrected chi connectivity index (χ2v) is 12.6. The van der Waals surface area contributed by atoms with Crippen molar-refractivity contribution in [1.29, 1.82) is 0 Å². The number of para-hydroxylation sites is 2. The minimum atomic E-state index is -4.39. The van der Waals surface area contributed by atoms with Crippen LogP contribution in [0.4, 0.5) is 0 Å². The number of ether oxygens (including phenoxy) is 3. The van der Waals surface area contributed by atoms with Gasteiger partial charge >= 0.3 is 12.4 Å². The van der Waals surface area contributed by atoms with Crippen molar-refractivity contribution in [2.45, 2.75) is 37.4 Å². The van der Waals surface area contributed by atoms with E-state index in [4.69, 9.17) is 18.8 Å². The predicted octanol–water partition coefficient (Wildman–Crippen LogP) is 2.72. The van der Waals surface area contributed by atoms with E-state index in [2.05, 4.69) is 11.8 Å². The molecule has 4 aromatic rings. The van der Waals surface area contributed by atoms with Crippen molar-refractivity contribution in [1.82, 2.24) is 9.30 Å². The zero-order valence-electron chi connectivity index (χ0n) is 22.3. The van der Waals surface area contributed by atoms with E-state index in [9.17, 15) is 24.5 Å². The quantitative estimate of drug-likeness (QED) is 0.268. The Morgan fingerprint density at radius 2 is 1.57 bits per heavy atom. The molecule has 0 bridgehead atoms. The molecular formula is C29H27N2O9PS. The van der Waals surface area contributed by atoms with Crippen molar-refractivity contribution < 1.29 is 33.7 Å². The molecule has 3 aromatic carbocycles. The largest absolute Gasteiger partial charge is 0.457 e. The van der Waals surface area contributed by atoms with Crippen LogP contribution >= 0.6 is 6.72 Å². The number of fused-ring (bicyclic) bond motifs is 2. The van der Waals surface area contributed by atoms with Gasteiger partial charge in [0.25, 0.3) is 5.56 Å². The number of aromatic nitrogens is 2. The molecule has 218 valence electrons. The van der Waals surface area contributed by atoms with Crippen LogP contribution in [0.2, 0.25) is 0 Å². The zero-order valence-corrected chi connectivity index (χ0v) is 24.0. The lowest BCUT2D eigenvalue weighted by Gasteiger charge is -2.41. The van der Waals surface area contributed by atoms with Gasteiger partial charge in [-0.1, -0.05) is 71.5 Å². The zero-order chi connectivity index (χ0) is 29.6. The van der Waals surface area contributed by atoms with E-state index < -0.39 is 42.0 Å². The summed E-state index contributed by atoms with van der Waals surface area (Å²) in [5.41, 5.74) is -0.576. The highest BCUT2D eigenvalue weighted by Crippen LogP contribution is 2.52. The molecule has 1 aromatic heterocycles. The number of nitrogens with zero attached hydrogens (tertiary/aromatic N) is 2. The van der Waals surface area contributed by atoms with Crippen molar-refractivity contribution in [3.05, 3.63) is 128 Å². The van der Waals surface area contributed by atoms with Crippen molar-refractivity contribution in [2.24, 2.45) is 0 Å². The molecule has 11 nitrogen and oxygen atoms in total. The van der Waals surface area contributed by atoms with Crippen LogP contribution in [-0.4, -0.2) is 43.0 Å². The second kappa shape index (κ2) is 10.9. The van der Waals surface area contributed by atoms with Crippen LogP contribution < -0.4 is 20.6 Å². The Morgan fingerprint density at radius 1 is 0.976 bits per heavy atom. The number of aryl methyl sites for hydroxylation is 1. The maximum atomic E-state index is 13.1. The van der Waals surface area contributed by atoms with Crippen LogP contribution in [0.5, 0.6) is 11.5 Å². The molecule has 6 rings (SSSR count). The van der Waals surface area contributed by atoms with Gasteiger partial charge in [0, 0.05) is 41.1 Å². The molecule has 3 atom stereocenters. The molecule has 0 amide bonds. The molecule has 0 spiro atoms. The molecule has 0 unspecified atom stereocenters. The Kier molecular flexibility index (Phi) is 7.40. The summed E-state index contributed by atoms with van der Waals surface area (Å²) in [6, 6.07) is 24.8. The molecule has 3 heterocycles. The van der Waals surface area contributed by atoms with Crippen molar-refractivity contribution in [3.63, 3.8) is 0 Å². The van der Waals surface area contributed by atoms with Gasteiger partial charge in [0.05, 0.1) is 12.7 Å². The Hall–Kier alpha value is -3.61. The van der Waals surface area contributed by atoms with Gasteiger partial charge in [-0.05, 0) is 24.6 Å². The first-order valence-corrected chi connectivity index (χ1v) is 15.7. The molecule has 0 radical (unpaired) electrons. The minimum absolute atomic E-state index is 0.00733. The number of hydrogen-bond donors (Lipinski definition) is 3. The van der Waals surface area contributed by atoms with E-state index in [0.717, 1.165) is 21.3 Å². The summed E-state index contributed by atoms with van der Waals surface area (Å²) >= 11 is 4.44. The average Bonchev–Trinajstić information content (AvgIpc) is 3.35. The molecule has 13 heteroatoms. The van der Waals surface area contributed by atoms with Gasteiger partial charge in [0.15, 0.2) is 5.60 Å². The minimum Gasteiger partial charge on any atom is -0.457 e. The molecule has 0 saturated carbocycles. The van der Waals surface area contributed by atoms with E-state index in [0.29, 0.717) is 11.5 Å². The van der Waals surface area contributed by atoms with E-state index in [1.54, 1.807) is 0 Å². The van der Waals surface area contributed by atoms with Crippen molar-refractivity contribution >= 4 is 18.5 Å². The van der Waals surface area contributed by atoms with Gasteiger partial charge in [0.2, 0.25) is 0 Å². The highest BCUT2D eigenvalue weighted by molar-refractivity contribution is 8.06.